The normalized spacial score (nSPS) is 13.3. The van der Waals surface area contributed by atoms with E-state index in [1.54, 1.807) is 48.1 Å². The lowest BCUT2D eigenvalue weighted by molar-refractivity contribution is 0.173. The molecule has 2 aromatic carbocycles. The van der Waals surface area contributed by atoms with Crippen LogP contribution in [0.15, 0.2) is 65.7 Å². The fourth-order valence-electron chi connectivity index (χ4n) is 2.53. The number of aliphatic hydroxyl groups excluding tert-OH is 1. The van der Waals surface area contributed by atoms with E-state index in [4.69, 9.17) is 0 Å². The summed E-state index contributed by atoms with van der Waals surface area (Å²) in [5.74, 6) is 0. The first kappa shape index (κ1) is 15.7. The van der Waals surface area contributed by atoms with Crippen LogP contribution in [-0.2, 0) is 17.1 Å². The largest absolute Gasteiger partial charge is 0.386 e. The number of aryl methyl sites for hydroxylation is 1. The van der Waals surface area contributed by atoms with E-state index in [1.165, 1.54) is 0 Å². The van der Waals surface area contributed by atoms with Crippen molar-refractivity contribution in [3.63, 3.8) is 0 Å². The van der Waals surface area contributed by atoms with Crippen LogP contribution in [0.5, 0.6) is 0 Å². The molecule has 0 radical (unpaired) electrons. The van der Waals surface area contributed by atoms with Gasteiger partial charge in [-0.1, -0.05) is 30.3 Å². The van der Waals surface area contributed by atoms with Gasteiger partial charge in [0, 0.05) is 25.5 Å². The molecule has 1 heterocycles. The second-order valence-corrected chi connectivity index (χ2v) is 7.19. The number of hydrogen-bond acceptors (Lipinski definition) is 3. The maximum atomic E-state index is 12.4. The van der Waals surface area contributed by atoms with E-state index in [1.807, 2.05) is 24.3 Å². The summed E-state index contributed by atoms with van der Waals surface area (Å²) in [4.78, 5) is 0.190. The lowest BCUT2D eigenvalue weighted by Gasteiger charge is -2.13. The minimum atomic E-state index is -3.67. The van der Waals surface area contributed by atoms with Crippen molar-refractivity contribution in [1.82, 2.24) is 9.29 Å². The van der Waals surface area contributed by atoms with Crippen LogP contribution in [0.2, 0.25) is 0 Å². The van der Waals surface area contributed by atoms with E-state index in [0.29, 0.717) is 5.69 Å². The monoisotopic (exact) mass is 330 g/mol. The Labute approximate surface area is 135 Å². The van der Waals surface area contributed by atoms with Crippen LogP contribution >= 0.6 is 0 Å². The van der Waals surface area contributed by atoms with Crippen molar-refractivity contribution < 1.29 is 13.5 Å². The molecule has 0 aliphatic heterocycles. The summed E-state index contributed by atoms with van der Waals surface area (Å²) in [5, 5.41) is 12.0. The molecule has 23 heavy (non-hydrogen) atoms. The molecule has 0 spiro atoms. The van der Waals surface area contributed by atoms with Gasteiger partial charge in [0.05, 0.1) is 4.90 Å². The Bertz CT molecular complexity index is 932. The lowest BCUT2D eigenvalue weighted by Crippen LogP contribution is -2.29. The van der Waals surface area contributed by atoms with Crippen LogP contribution in [0.3, 0.4) is 0 Å². The smallest absolute Gasteiger partial charge is 0.240 e. The van der Waals surface area contributed by atoms with Crippen LogP contribution in [-0.4, -0.2) is 24.6 Å². The average Bonchev–Trinajstić information content (AvgIpc) is 2.98. The van der Waals surface area contributed by atoms with Gasteiger partial charge in [0.15, 0.2) is 0 Å². The quantitative estimate of drug-likeness (QED) is 0.753. The summed E-state index contributed by atoms with van der Waals surface area (Å²) in [7, 11) is -1.87. The van der Waals surface area contributed by atoms with Crippen LogP contribution in [0.4, 0.5) is 0 Å². The Morgan fingerprint density at radius 3 is 2.52 bits per heavy atom. The number of aliphatic hydroxyl groups is 1. The molecule has 0 bridgehead atoms. The molecule has 0 aliphatic rings. The minimum Gasteiger partial charge on any atom is -0.386 e. The number of nitrogens with zero attached hydrogens (tertiary/aromatic N) is 1. The van der Waals surface area contributed by atoms with Gasteiger partial charge in [0.1, 0.15) is 6.10 Å². The van der Waals surface area contributed by atoms with Crippen molar-refractivity contribution in [3.05, 3.63) is 66.5 Å². The van der Waals surface area contributed by atoms with Gasteiger partial charge in [-0.2, -0.15) is 0 Å². The summed E-state index contributed by atoms with van der Waals surface area (Å²) in [5.41, 5.74) is 0.659. The number of nitrogens with one attached hydrogen (secondary N) is 1. The highest BCUT2D eigenvalue weighted by Gasteiger charge is 2.18. The molecule has 120 valence electrons. The third-order valence-electron chi connectivity index (χ3n) is 3.82. The molecule has 3 rings (SSSR count). The first-order valence-corrected chi connectivity index (χ1v) is 8.73. The number of rotatable bonds is 5. The Kier molecular flexibility index (Phi) is 4.21. The van der Waals surface area contributed by atoms with Gasteiger partial charge in [0.2, 0.25) is 10.0 Å². The van der Waals surface area contributed by atoms with Gasteiger partial charge in [0.25, 0.3) is 0 Å². The lowest BCUT2D eigenvalue weighted by atomic mass is 10.1. The Morgan fingerprint density at radius 2 is 1.83 bits per heavy atom. The standard InChI is InChI=1S/C17H18N2O3S/c1-19-10-4-7-16(19)17(20)12-18-23(21,22)15-9-8-13-5-2-3-6-14(13)11-15/h2-11,17-18,20H,12H2,1H3. The van der Waals surface area contributed by atoms with E-state index in [9.17, 15) is 13.5 Å². The Balaban J connectivity index is 1.79. The van der Waals surface area contributed by atoms with E-state index in [0.717, 1.165) is 10.8 Å². The van der Waals surface area contributed by atoms with Gasteiger partial charge in [-0.3, -0.25) is 0 Å². The molecule has 0 saturated carbocycles. The first-order valence-electron chi connectivity index (χ1n) is 7.25. The van der Waals surface area contributed by atoms with E-state index in [2.05, 4.69) is 4.72 Å². The Morgan fingerprint density at radius 1 is 1.09 bits per heavy atom. The first-order chi connectivity index (χ1) is 11.0. The molecular formula is C17H18N2O3S. The molecule has 1 unspecified atom stereocenters. The van der Waals surface area contributed by atoms with Crippen molar-refractivity contribution in [1.29, 1.82) is 0 Å². The highest BCUT2D eigenvalue weighted by atomic mass is 32.2. The summed E-state index contributed by atoms with van der Waals surface area (Å²) in [6, 6.07) is 16.1. The summed E-state index contributed by atoms with van der Waals surface area (Å²) < 4.78 is 29.0. The van der Waals surface area contributed by atoms with Crippen molar-refractivity contribution in [2.45, 2.75) is 11.0 Å². The summed E-state index contributed by atoms with van der Waals surface area (Å²) >= 11 is 0. The van der Waals surface area contributed by atoms with Gasteiger partial charge in [-0.15, -0.1) is 0 Å². The number of aromatic nitrogens is 1. The predicted octanol–water partition coefficient (Wildman–Crippen LogP) is 2.19. The topological polar surface area (TPSA) is 71.3 Å². The highest BCUT2D eigenvalue weighted by molar-refractivity contribution is 7.89. The molecule has 2 N–H and O–H groups in total. The minimum absolute atomic E-state index is 0.0764. The fraction of sp³-hybridized carbons (Fsp3) is 0.176. The second-order valence-electron chi connectivity index (χ2n) is 5.42. The zero-order valence-electron chi connectivity index (χ0n) is 12.7. The molecule has 0 saturated heterocycles. The van der Waals surface area contributed by atoms with E-state index >= 15 is 0 Å². The van der Waals surface area contributed by atoms with E-state index < -0.39 is 16.1 Å². The SMILES string of the molecule is Cn1cccc1C(O)CNS(=O)(=O)c1ccc2ccccc2c1. The molecule has 6 heteroatoms. The van der Waals surface area contributed by atoms with Crippen LogP contribution in [0.1, 0.15) is 11.8 Å². The number of hydrogen-bond donors (Lipinski definition) is 2. The maximum absolute atomic E-state index is 12.4. The van der Waals surface area contributed by atoms with E-state index in [-0.39, 0.29) is 11.4 Å². The van der Waals surface area contributed by atoms with Crippen molar-refractivity contribution in [3.8, 4) is 0 Å². The number of sulfonamides is 1. The molecule has 5 nitrogen and oxygen atoms in total. The third kappa shape index (κ3) is 3.29. The highest BCUT2D eigenvalue weighted by Crippen LogP contribution is 2.19. The van der Waals surface area contributed by atoms with Crippen molar-refractivity contribution >= 4 is 20.8 Å². The molecule has 0 fully saturated rings. The molecule has 0 amide bonds. The van der Waals surface area contributed by atoms with Crippen molar-refractivity contribution in [2.24, 2.45) is 7.05 Å². The van der Waals surface area contributed by atoms with Crippen molar-refractivity contribution in [2.75, 3.05) is 6.54 Å². The zero-order valence-corrected chi connectivity index (χ0v) is 13.5. The second kappa shape index (κ2) is 6.16. The third-order valence-corrected chi connectivity index (χ3v) is 5.24. The van der Waals surface area contributed by atoms with Crippen LogP contribution < -0.4 is 4.72 Å². The molecule has 3 aromatic rings. The van der Waals surface area contributed by atoms with Gasteiger partial charge in [-0.05, 0) is 35.0 Å². The van der Waals surface area contributed by atoms with Gasteiger partial charge < -0.3 is 9.67 Å². The Hall–Kier alpha value is -2.15. The summed E-state index contributed by atoms with van der Waals surface area (Å²) in [6.45, 7) is -0.0764. The van der Waals surface area contributed by atoms with Crippen LogP contribution in [0, 0.1) is 0 Å². The maximum Gasteiger partial charge on any atom is 0.240 e. The average molecular weight is 330 g/mol. The molecule has 1 atom stereocenters. The summed E-state index contributed by atoms with van der Waals surface area (Å²) in [6.07, 6.45) is 0.904. The predicted molar refractivity (Wildman–Crippen MR) is 89.5 cm³/mol. The fourth-order valence-corrected chi connectivity index (χ4v) is 3.60. The molecule has 0 aliphatic carbocycles. The van der Waals surface area contributed by atoms with Crippen LogP contribution in [0.25, 0.3) is 10.8 Å². The number of fused-ring (bicyclic) bond motifs is 1. The van der Waals surface area contributed by atoms with Gasteiger partial charge in [-0.25, -0.2) is 13.1 Å². The molecule has 1 aromatic heterocycles. The zero-order chi connectivity index (χ0) is 16.4. The van der Waals surface area contributed by atoms with Gasteiger partial charge >= 0.3 is 0 Å². The number of benzene rings is 2. The molecular weight excluding hydrogens is 312 g/mol.